The summed E-state index contributed by atoms with van der Waals surface area (Å²) in [5, 5.41) is 0. The van der Waals surface area contributed by atoms with Gasteiger partial charge in [-0.25, -0.2) is 18.0 Å². The summed E-state index contributed by atoms with van der Waals surface area (Å²) in [4.78, 5) is 25.4. The Balaban J connectivity index is 0.0000410. The molecule has 1 aromatic rings. The minimum Gasteiger partial charge on any atom is -0.744 e. The van der Waals surface area contributed by atoms with Crippen LogP contribution in [0.3, 0.4) is 0 Å². The predicted octanol–water partition coefficient (Wildman–Crippen LogP) is 14.7. The zero-order valence-corrected chi connectivity index (χ0v) is 45.3. The van der Waals surface area contributed by atoms with Crippen LogP contribution in [0.25, 0.3) is 0 Å². The van der Waals surface area contributed by atoms with Crippen molar-refractivity contribution in [1.29, 1.82) is 0 Å². The number of allylic oxidation sites excluding steroid dienone is 4. The van der Waals surface area contributed by atoms with Crippen LogP contribution >= 0.6 is 0 Å². The van der Waals surface area contributed by atoms with Crippen LogP contribution < -0.4 is 29.6 Å². The summed E-state index contributed by atoms with van der Waals surface area (Å²) < 4.78 is 47.0. The van der Waals surface area contributed by atoms with Crippen molar-refractivity contribution < 1.29 is 61.6 Å². The first-order chi connectivity index (χ1) is 31.3. The van der Waals surface area contributed by atoms with E-state index in [1.54, 1.807) is 0 Å². The first-order valence-corrected chi connectivity index (χ1v) is 28.5. The van der Waals surface area contributed by atoms with Crippen molar-refractivity contribution in [2.45, 2.75) is 276 Å². The number of unbranched alkanes of at least 4 members (excludes halogenated alkanes) is 36. The zero-order chi connectivity index (χ0) is 46.4. The van der Waals surface area contributed by atoms with Crippen molar-refractivity contribution in [1.82, 2.24) is 0 Å². The van der Waals surface area contributed by atoms with Gasteiger partial charge in [-0.15, -0.1) is 0 Å². The Hall–Kier alpha value is -1.45. The number of rotatable bonds is 47. The second kappa shape index (κ2) is 47.6. The van der Waals surface area contributed by atoms with Crippen LogP contribution in [0.1, 0.15) is 291 Å². The quantitative estimate of drug-likeness (QED) is 0.0210. The summed E-state index contributed by atoms with van der Waals surface area (Å²) in [7, 11) is -5.02. The van der Waals surface area contributed by atoms with E-state index in [-0.39, 0.29) is 48.3 Å². The molecule has 1 aromatic carbocycles. The minimum absolute atomic E-state index is 0. The van der Waals surface area contributed by atoms with Crippen LogP contribution in [0.15, 0.2) is 47.4 Å². The van der Waals surface area contributed by atoms with Gasteiger partial charge < -0.3 is 14.0 Å². The van der Waals surface area contributed by atoms with Crippen LogP contribution in [-0.2, 0) is 19.6 Å². The van der Waals surface area contributed by atoms with Crippen molar-refractivity contribution in [2.75, 3.05) is 13.2 Å². The monoisotopic (exact) mass is 937 g/mol. The number of hydrogen-bond acceptors (Lipinski definition) is 7. The van der Waals surface area contributed by atoms with Gasteiger partial charge in [0.05, 0.1) is 29.2 Å². The van der Waals surface area contributed by atoms with Gasteiger partial charge in [-0.1, -0.05) is 237 Å². The molecule has 0 saturated carbocycles. The number of esters is 2. The molecule has 0 amide bonds. The normalized spacial score (nSPS) is 11.7. The van der Waals surface area contributed by atoms with Gasteiger partial charge in [0, 0.05) is 0 Å². The first-order valence-electron chi connectivity index (χ1n) is 27.1. The first kappa shape index (κ1) is 63.5. The molecule has 0 saturated heterocycles. The second-order valence-corrected chi connectivity index (χ2v) is 19.9. The van der Waals surface area contributed by atoms with Gasteiger partial charge in [0.2, 0.25) is 0 Å². The molecule has 9 heteroatoms. The van der Waals surface area contributed by atoms with Gasteiger partial charge in [-0.2, -0.15) is 0 Å². The van der Waals surface area contributed by atoms with E-state index >= 15 is 0 Å². The maximum Gasteiger partial charge on any atom is 1.00 e. The second-order valence-electron chi connectivity index (χ2n) is 18.5. The van der Waals surface area contributed by atoms with Gasteiger partial charge in [0.1, 0.15) is 10.1 Å². The fourth-order valence-electron chi connectivity index (χ4n) is 8.42. The van der Waals surface area contributed by atoms with E-state index < -0.39 is 32.5 Å². The van der Waals surface area contributed by atoms with E-state index in [4.69, 9.17) is 9.47 Å². The largest absolute Gasteiger partial charge is 1.00 e. The fraction of sp³-hybridized carbons (Fsp3) is 0.786. The molecule has 0 bridgehead atoms. The molecular weight excluding hydrogens is 840 g/mol. The SMILES string of the molecule is CCCCCCC/C=C/CCCCCCCCCCCCCCCOC(=O)c1cccc(S(=O)(=O)[O-])c1C(=O)OCCCCCCCCCCCCCCC/C=C/CCCCCCC.[Na+]. The van der Waals surface area contributed by atoms with Gasteiger partial charge >= 0.3 is 41.5 Å². The minimum atomic E-state index is -5.02. The van der Waals surface area contributed by atoms with Crippen molar-refractivity contribution in [3.8, 4) is 0 Å². The number of carbonyl (C=O) groups is 2. The Labute approximate surface area is 423 Å². The van der Waals surface area contributed by atoms with E-state index in [0.717, 1.165) is 44.6 Å². The molecule has 0 aliphatic rings. The molecule has 7 nitrogen and oxygen atoms in total. The molecule has 0 atom stereocenters. The van der Waals surface area contributed by atoms with Crippen molar-refractivity contribution in [3.63, 3.8) is 0 Å². The van der Waals surface area contributed by atoms with Gasteiger partial charge in [-0.05, 0) is 76.3 Å². The van der Waals surface area contributed by atoms with E-state index in [2.05, 4.69) is 38.2 Å². The third-order valence-electron chi connectivity index (χ3n) is 12.5. The molecule has 0 aromatic heterocycles. The number of ether oxygens (including phenoxy) is 2. The average Bonchev–Trinajstić information content (AvgIpc) is 3.28. The van der Waals surface area contributed by atoms with Crippen LogP contribution in [0.4, 0.5) is 0 Å². The summed E-state index contributed by atoms with van der Waals surface area (Å²) in [5.41, 5.74) is -0.769. The summed E-state index contributed by atoms with van der Waals surface area (Å²) in [5.74, 6) is -1.80. The number of hydrogen-bond donors (Lipinski definition) is 0. The van der Waals surface area contributed by atoms with E-state index in [1.807, 2.05) is 0 Å². The third kappa shape index (κ3) is 39.1. The maximum absolute atomic E-state index is 13.1. The Kier molecular flexibility index (Phi) is 46.5. The summed E-state index contributed by atoms with van der Waals surface area (Å²) in [6, 6.07) is 3.65. The molecule has 65 heavy (non-hydrogen) atoms. The zero-order valence-electron chi connectivity index (χ0n) is 42.5. The Morgan fingerprint density at radius 1 is 0.431 bits per heavy atom. The Bertz CT molecular complexity index is 1410. The standard InChI is InChI=1S/C56H98O7S.Na/c1-3-5-7-9-11-13-15-17-19-21-23-25-27-29-31-33-35-37-39-41-43-45-50-62-55(57)52-48-47-49-53(64(59,60)61)54(52)56(58)63-51-46-44-42-40-38-36-34-32-30-28-26-24-22-20-18-16-14-12-10-8-6-4-2;/h15-18,47-49H,3-14,19-46,50-51H2,1-2H3,(H,59,60,61);/q;+1/p-1/b17-15+,18-16+;. The summed E-state index contributed by atoms with van der Waals surface area (Å²) >= 11 is 0. The van der Waals surface area contributed by atoms with Crippen molar-refractivity contribution in [2.24, 2.45) is 0 Å². The van der Waals surface area contributed by atoms with Crippen LogP contribution in [-0.4, -0.2) is 38.1 Å². The molecule has 0 heterocycles. The molecule has 0 spiro atoms. The van der Waals surface area contributed by atoms with Crippen molar-refractivity contribution in [3.05, 3.63) is 53.6 Å². The van der Waals surface area contributed by atoms with Gasteiger partial charge in [0.15, 0.2) is 0 Å². The molecule has 0 fully saturated rings. The third-order valence-corrected chi connectivity index (χ3v) is 13.4. The summed E-state index contributed by atoms with van der Waals surface area (Å²) in [6.45, 7) is 4.78. The maximum atomic E-state index is 13.1. The number of carbonyl (C=O) groups excluding carboxylic acids is 2. The van der Waals surface area contributed by atoms with Gasteiger partial charge in [0.25, 0.3) is 0 Å². The smallest absolute Gasteiger partial charge is 0.744 e. The predicted molar refractivity (Wildman–Crippen MR) is 269 cm³/mol. The van der Waals surface area contributed by atoms with Crippen LogP contribution in [0.5, 0.6) is 0 Å². The molecule has 0 unspecified atom stereocenters. The molecule has 1 rings (SSSR count). The van der Waals surface area contributed by atoms with Crippen LogP contribution in [0, 0.1) is 0 Å². The molecule has 0 aliphatic carbocycles. The van der Waals surface area contributed by atoms with Crippen LogP contribution in [0.2, 0.25) is 0 Å². The molecule has 370 valence electrons. The van der Waals surface area contributed by atoms with Crippen molar-refractivity contribution >= 4 is 22.1 Å². The molecular formula is C56H97NaO7S. The fourth-order valence-corrected chi connectivity index (χ4v) is 9.11. The van der Waals surface area contributed by atoms with E-state index in [1.165, 1.54) is 218 Å². The Morgan fingerprint density at radius 2 is 0.708 bits per heavy atom. The van der Waals surface area contributed by atoms with Gasteiger partial charge in [-0.3, -0.25) is 0 Å². The topological polar surface area (TPSA) is 110 Å². The number of benzene rings is 1. The van der Waals surface area contributed by atoms with E-state index in [0.29, 0.717) is 12.8 Å². The van der Waals surface area contributed by atoms with E-state index in [9.17, 15) is 22.6 Å². The molecule has 0 aliphatic heterocycles. The summed E-state index contributed by atoms with van der Waals surface area (Å²) in [6.07, 6.45) is 59.0. The Morgan fingerprint density at radius 3 is 1.02 bits per heavy atom. The molecule has 0 radical (unpaired) electrons. The average molecular weight is 937 g/mol. The molecule has 0 N–H and O–H groups in total.